The van der Waals surface area contributed by atoms with E-state index in [9.17, 15) is 0 Å². The summed E-state index contributed by atoms with van der Waals surface area (Å²) in [4.78, 5) is 13.1. The molecule has 0 spiro atoms. The predicted octanol–water partition coefficient (Wildman–Crippen LogP) is 1.84. The van der Waals surface area contributed by atoms with Gasteiger partial charge < -0.3 is 11.5 Å². The van der Waals surface area contributed by atoms with E-state index in [2.05, 4.69) is 34.0 Å². The minimum absolute atomic E-state index is 0.257. The fraction of sp³-hybridized carbons (Fsp3) is 0.214. The van der Waals surface area contributed by atoms with E-state index in [1.807, 2.05) is 13.0 Å². The summed E-state index contributed by atoms with van der Waals surface area (Å²) >= 11 is 0. The van der Waals surface area contributed by atoms with Gasteiger partial charge in [0.1, 0.15) is 11.6 Å². The fourth-order valence-corrected chi connectivity index (χ4v) is 2.35. The van der Waals surface area contributed by atoms with Crippen LogP contribution < -0.4 is 11.5 Å². The maximum atomic E-state index is 5.95. The minimum atomic E-state index is 0.257. The van der Waals surface area contributed by atoms with Gasteiger partial charge in [-0.15, -0.1) is 0 Å². The molecule has 0 bridgehead atoms. The first-order valence-electron chi connectivity index (χ1n) is 6.12. The summed E-state index contributed by atoms with van der Waals surface area (Å²) in [6.45, 7) is 4.36. The summed E-state index contributed by atoms with van der Waals surface area (Å²) in [7, 11) is 0. The molecule has 0 fully saturated rings. The van der Waals surface area contributed by atoms with E-state index in [4.69, 9.17) is 11.5 Å². The molecule has 2 heterocycles. The summed E-state index contributed by atoms with van der Waals surface area (Å²) < 4.78 is 0. The number of nitrogens with zero attached hydrogens (tertiary/aromatic N) is 3. The van der Waals surface area contributed by atoms with E-state index in [-0.39, 0.29) is 6.54 Å². The normalized spacial score (nSPS) is 11.3. The average Bonchev–Trinajstić information content (AvgIpc) is 2.37. The second-order valence-electron chi connectivity index (χ2n) is 4.74. The molecule has 0 aliphatic rings. The lowest BCUT2D eigenvalue weighted by Gasteiger charge is -2.08. The van der Waals surface area contributed by atoms with Gasteiger partial charge in [-0.25, -0.2) is 15.0 Å². The molecular formula is C14H15N5. The second kappa shape index (κ2) is 4.13. The van der Waals surface area contributed by atoms with Crippen LogP contribution in [-0.2, 0) is 6.54 Å². The zero-order valence-corrected chi connectivity index (χ0v) is 10.9. The number of hydrogen-bond acceptors (Lipinski definition) is 5. The van der Waals surface area contributed by atoms with Gasteiger partial charge in [-0.2, -0.15) is 0 Å². The molecule has 0 saturated heterocycles. The Morgan fingerprint density at radius 1 is 1.05 bits per heavy atom. The third-order valence-electron chi connectivity index (χ3n) is 3.18. The van der Waals surface area contributed by atoms with Crippen LogP contribution in [0, 0.1) is 13.8 Å². The van der Waals surface area contributed by atoms with E-state index < -0.39 is 0 Å². The van der Waals surface area contributed by atoms with Gasteiger partial charge in [0, 0.05) is 5.39 Å². The standard InChI is InChI=1S/C14H15N5/c1-7-3-8(2)12-9(4-7)5-10-13(16)17-11(6-15)18-14(10)19-12/h3-5H,6,15H2,1-2H3,(H2,16,17,18,19). The van der Waals surface area contributed by atoms with Crippen LogP contribution in [0.5, 0.6) is 0 Å². The fourth-order valence-electron chi connectivity index (χ4n) is 2.35. The van der Waals surface area contributed by atoms with Crippen LogP contribution in [0.3, 0.4) is 0 Å². The van der Waals surface area contributed by atoms with Crippen molar-refractivity contribution >= 4 is 27.8 Å². The summed E-state index contributed by atoms with van der Waals surface area (Å²) in [5.74, 6) is 0.945. The Bertz CT molecular complexity index is 795. The lowest BCUT2D eigenvalue weighted by Crippen LogP contribution is -2.07. The molecule has 19 heavy (non-hydrogen) atoms. The molecule has 1 aromatic carbocycles. The molecule has 5 nitrogen and oxygen atoms in total. The Morgan fingerprint density at radius 2 is 1.84 bits per heavy atom. The van der Waals surface area contributed by atoms with Crippen LogP contribution >= 0.6 is 0 Å². The van der Waals surface area contributed by atoms with Crippen molar-refractivity contribution in [2.75, 3.05) is 5.73 Å². The van der Waals surface area contributed by atoms with Crippen LogP contribution in [0.25, 0.3) is 21.9 Å². The SMILES string of the molecule is Cc1cc(C)c2nc3nc(CN)nc(N)c3cc2c1. The first kappa shape index (κ1) is 11.8. The molecule has 3 rings (SSSR count). The predicted molar refractivity (Wildman–Crippen MR) is 76.6 cm³/mol. The maximum absolute atomic E-state index is 5.95. The minimum Gasteiger partial charge on any atom is -0.383 e. The van der Waals surface area contributed by atoms with E-state index in [1.165, 1.54) is 5.56 Å². The number of anilines is 1. The first-order chi connectivity index (χ1) is 9.08. The number of hydrogen-bond donors (Lipinski definition) is 2. The van der Waals surface area contributed by atoms with Crippen molar-refractivity contribution in [3.05, 3.63) is 35.2 Å². The molecule has 5 heteroatoms. The Hall–Kier alpha value is -2.27. The van der Waals surface area contributed by atoms with Gasteiger partial charge in [0.25, 0.3) is 0 Å². The smallest absolute Gasteiger partial charge is 0.165 e. The van der Waals surface area contributed by atoms with Crippen molar-refractivity contribution in [2.45, 2.75) is 20.4 Å². The topological polar surface area (TPSA) is 90.7 Å². The highest BCUT2D eigenvalue weighted by Crippen LogP contribution is 2.25. The van der Waals surface area contributed by atoms with Crippen molar-refractivity contribution in [1.82, 2.24) is 15.0 Å². The Morgan fingerprint density at radius 3 is 2.58 bits per heavy atom. The van der Waals surface area contributed by atoms with E-state index in [0.29, 0.717) is 17.3 Å². The van der Waals surface area contributed by atoms with Crippen molar-refractivity contribution < 1.29 is 0 Å². The van der Waals surface area contributed by atoms with Gasteiger partial charge >= 0.3 is 0 Å². The van der Waals surface area contributed by atoms with Crippen molar-refractivity contribution in [3.63, 3.8) is 0 Å². The van der Waals surface area contributed by atoms with Crippen LogP contribution in [-0.4, -0.2) is 15.0 Å². The number of pyridine rings is 1. The average molecular weight is 253 g/mol. The molecule has 0 atom stereocenters. The van der Waals surface area contributed by atoms with Crippen molar-refractivity contribution in [2.24, 2.45) is 5.73 Å². The van der Waals surface area contributed by atoms with Gasteiger partial charge in [-0.1, -0.05) is 11.6 Å². The zero-order chi connectivity index (χ0) is 13.6. The number of rotatable bonds is 1. The van der Waals surface area contributed by atoms with Gasteiger partial charge in [-0.05, 0) is 31.5 Å². The Balaban J connectivity index is 2.45. The summed E-state index contributed by atoms with van der Waals surface area (Å²) in [6.07, 6.45) is 0. The largest absolute Gasteiger partial charge is 0.383 e. The van der Waals surface area contributed by atoms with Gasteiger partial charge in [0.2, 0.25) is 0 Å². The van der Waals surface area contributed by atoms with Gasteiger partial charge in [0.15, 0.2) is 5.65 Å². The van der Waals surface area contributed by atoms with Crippen LogP contribution in [0.4, 0.5) is 5.82 Å². The lowest BCUT2D eigenvalue weighted by atomic mass is 10.1. The maximum Gasteiger partial charge on any atom is 0.165 e. The van der Waals surface area contributed by atoms with E-state index >= 15 is 0 Å². The Kier molecular flexibility index (Phi) is 2.57. The molecule has 3 aromatic rings. The molecule has 0 amide bonds. The number of nitrogens with two attached hydrogens (primary N) is 2. The van der Waals surface area contributed by atoms with E-state index in [1.54, 1.807) is 0 Å². The lowest BCUT2D eigenvalue weighted by molar-refractivity contribution is 0.926. The quantitative estimate of drug-likeness (QED) is 0.646. The monoisotopic (exact) mass is 253 g/mol. The number of fused-ring (bicyclic) bond motifs is 2. The highest BCUT2D eigenvalue weighted by molar-refractivity contribution is 5.97. The van der Waals surface area contributed by atoms with Crippen molar-refractivity contribution in [1.29, 1.82) is 0 Å². The van der Waals surface area contributed by atoms with E-state index in [0.717, 1.165) is 21.9 Å². The van der Waals surface area contributed by atoms with Crippen LogP contribution in [0.1, 0.15) is 17.0 Å². The molecule has 0 unspecified atom stereocenters. The van der Waals surface area contributed by atoms with Crippen LogP contribution in [0.2, 0.25) is 0 Å². The third kappa shape index (κ3) is 1.88. The molecule has 0 aliphatic carbocycles. The molecule has 0 saturated carbocycles. The first-order valence-corrected chi connectivity index (χ1v) is 6.12. The number of nitrogen functional groups attached to an aromatic ring is 1. The summed E-state index contributed by atoms with van der Waals surface area (Å²) in [5, 5.41) is 1.83. The molecule has 96 valence electrons. The number of aromatic nitrogens is 3. The molecule has 2 aromatic heterocycles. The number of aryl methyl sites for hydroxylation is 2. The van der Waals surface area contributed by atoms with Gasteiger partial charge in [0.05, 0.1) is 17.4 Å². The zero-order valence-electron chi connectivity index (χ0n) is 10.9. The van der Waals surface area contributed by atoms with Crippen LogP contribution in [0.15, 0.2) is 18.2 Å². The molecule has 0 radical (unpaired) electrons. The molecular weight excluding hydrogens is 238 g/mol. The number of benzene rings is 1. The highest BCUT2D eigenvalue weighted by Gasteiger charge is 2.09. The second-order valence-corrected chi connectivity index (χ2v) is 4.74. The summed E-state index contributed by atoms with van der Waals surface area (Å²) in [5.41, 5.74) is 15.4. The molecule has 4 N–H and O–H groups in total. The summed E-state index contributed by atoms with van der Waals surface area (Å²) in [6, 6.07) is 6.19. The van der Waals surface area contributed by atoms with Gasteiger partial charge in [-0.3, -0.25) is 0 Å². The Labute approximate surface area is 110 Å². The van der Waals surface area contributed by atoms with Crippen molar-refractivity contribution in [3.8, 4) is 0 Å². The third-order valence-corrected chi connectivity index (χ3v) is 3.18. The highest BCUT2D eigenvalue weighted by atomic mass is 15.0. The molecule has 0 aliphatic heterocycles.